The summed E-state index contributed by atoms with van der Waals surface area (Å²) >= 11 is 0. The SMILES string of the molecule is CN(C)c1cc(N)cc(C(=O)O)c1. The molecule has 0 bridgehead atoms. The van der Waals surface area contributed by atoms with E-state index in [1.54, 1.807) is 12.1 Å². The zero-order valence-corrected chi connectivity index (χ0v) is 7.61. The van der Waals surface area contributed by atoms with Gasteiger partial charge in [-0.05, 0) is 18.2 Å². The Balaban J connectivity index is 3.19. The predicted octanol–water partition coefficient (Wildman–Crippen LogP) is 1.03. The number of carbonyl (C=O) groups is 1. The van der Waals surface area contributed by atoms with Crippen molar-refractivity contribution in [3.63, 3.8) is 0 Å². The van der Waals surface area contributed by atoms with E-state index >= 15 is 0 Å². The lowest BCUT2D eigenvalue weighted by atomic mass is 10.1. The molecular weight excluding hydrogens is 168 g/mol. The van der Waals surface area contributed by atoms with Crippen molar-refractivity contribution in [3.8, 4) is 0 Å². The van der Waals surface area contributed by atoms with Gasteiger partial charge in [0.2, 0.25) is 0 Å². The Hall–Kier alpha value is -1.71. The average Bonchev–Trinajstić information content (AvgIpc) is 2.03. The van der Waals surface area contributed by atoms with E-state index in [2.05, 4.69) is 0 Å². The highest BCUT2D eigenvalue weighted by molar-refractivity contribution is 5.90. The second kappa shape index (κ2) is 3.35. The van der Waals surface area contributed by atoms with Crippen LogP contribution in [0.1, 0.15) is 10.4 Å². The molecule has 70 valence electrons. The molecule has 4 nitrogen and oxygen atoms in total. The first-order valence-corrected chi connectivity index (χ1v) is 3.82. The van der Waals surface area contributed by atoms with Crippen LogP contribution in [0.2, 0.25) is 0 Å². The van der Waals surface area contributed by atoms with Crippen LogP contribution in [-0.2, 0) is 0 Å². The Morgan fingerprint density at radius 2 is 2.00 bits per heavy atom. The summed E-state index contributed by atoms with van der Waals surface area (Å²) in [6.45, 7) is 0. The molecule has 0 saturated carbocycles. The first-order valence-electron chi connectivity index (χ1n) is 3.82. The molecule has 0 aliphatic heterocycles. The monoisotopic (exact) mass is 180 g/mol. The van der Waals surface area contributed by atoms with E-state index in [4.69, 9.17) is 10.8 Å². The molecule has 0 aromatic heterocycles. The summed E-state index contributed by atoms with van der Waals surface area (Å²) in [6, 6.07) is 4.75. The second-order valence-electron chi connectivity index (χ2n) is 3.01. The topological polar surface area (TPSA) is 66.6 Å². The van der Waals surface area contributed by atoms with Gasteiger partial charge in [0.25, 0.3) is 0 Å². The fourth-order valence-electron chi connectivity index (χ4n) is 1.02. The molecule has 0 saturated heterocycles. The molecule has 0 aliphatic rings. The summed E-state index contributed by atoms with van der Waals surface area (Å²) < 4.78 is 0. The lowest BCUT2D eigenvalue weighted by Gasteiger charge is -2.13. The van der Waals surface area contributed by atoms with Gasteiger partial charge < -0.3 is 15.7 Å². The minimum Gasteiger partial charge on any atom is -0.478 e. The summed E-state index contributed by atoms with van der Waals surface area (Å²) in [5.74, 6) is -0.963. The van der Waals surface area contributed by atoms with Gasteiger partial charge in [-0.2, -0.15) is 0 Å². The summed E-state index contributed by atoms with van der Waals surface area (Å²) in [7, 11) is 3.67. The predicted molar refractivity (Wildman–Crippen MR) is 52.1 cm³/mol. The quantitative estimate of drug-likeness (QED) is 0.667. The van der Waals surface area contributed by atoms with Crippen molar-refractivity contribution in [2.45, 2.75) is 0 Å². The summed E-state index contributed by atoms with van der Waals surface area (Å²) in [5.41, 5.74) is 7.01. The molecule has 0 atom stereocenters. The van der Waals surface area contributed by atoms with Crippen LogP contribution in [-0.4, -0.2) is 25.2 Å². The van der Waals surface area contributed by atoms with E-state index in [-0.39, 0.29) is 5.56 Å². The molecule has 3 N–H and O–H groups in total. The van der Waals surface area contributed by atoms with E-state index in [0.717, 1.165) is 5.69 Å². The van der Waals surface area contributed by atoms with E-state index in [1.165, 1.54) is 6.07 Å². The van der Waals surface area contributed by atoms with Gasteiger partial charge in [0.1, 0.15) is 0 Å². The van der Waals surface area contributed by atoms with Crippen LogP contribution in [0.15, 0.2) is 18.2 Å². The van der Waals surface area contributed by atoms with E-state index in [0.29, 0.717) is 5.69 Å². The molecule has 0 aliphatic carbocycles. The summed E-state index contributed by atoms with van der Waals surface area (Å²) in [4.78, 5) is 12.5. The maximum absolute atomic E-state index is 10.7. The van der Waals surface area contributed by atoms with Crippen LogP contribution in [0.25, 0.3) is 0 Å². The third-order valence-corrected chi connectivity index (χ3v) is 1.70. The van der Waals surface area contributed by atoms with Gasteiger partial charge in [0.15, 0.2) is 0 Å². The molecule has 0 radical (unpaired) electrons. The largest absolute Gasteiger partial charge is 0.478 e. The standard InChI is InChI=1S/C9H12N2O2/c1-11(2)8-4-6(9(12)13)3-7(10)5-8/h3-5H,10H2,1-2H3,(H,12,13). The lowest BCUT2D eigenvalue weighted by molar-refractivity contribution is 0.0697. The van der Waals surface area contributed by atoms with Crippen molar-refractivity contribution in [1.29, 1.82) is 0 Å². The van der Waals surface area contributed by atoms with Gasteiger partial charge in [-0.15, -0.1) is 0 Å². The summed E-state index contributed by atoms with van der Waals surface area (Å²) in [5, 5.41) is 8.74. The number of carboxylic acids is 1. The maximum atomic E-state index is 10.7. The highest BCUT2D eigenvalue weighted by atomic mass is 16.4. The minimum atomic E-state index is -0.963. The van der Waals surface area contributed by atoms with Crippen molar-refractivity contribution in [2.24, 2.45) is 0 Å². The van der Waals surface area contributed by atoms with E-state index < -0.39 is 5.97 Å². The lowest BCUT2D eigenvalue weighted by Crippen LogP contribution is -2.10. The fraction of sp³-hybridized carbons (Fsp3) is 0.222. The minimum absolute atomic E-state index is 0.212. The molecule has 1 rings (SSSR count). The number of carboxylic acid groups (broad SMARTS) is 1. The number of nitrogens with two attached hydrogens (primary N) is 1. The number of benzene rings is 1. The molecule has 1 aromatic carbocycles. The Labute approximate surface area is 76.6 Å². The van der Waals surface area contributed by atoms with Gasteiger partial charge in [0.05, 0.1) is 5.56 Å². The Morgan fingerprint density at radius 3 is 2.46 bits per heavy atom. The number of anilines is 2. The zero-order valence-electron chi connectivity index (χ0n) is 7.61. The fourth-order valence-corrected chi connectivity index (χ4v) is 1.02. The Morgan fingerprint density at radius 1 is 1.38 bits per heavy atom. The van der Waals surface area contributed by atoms with Crippen LogP contribution >= 0.6 is 0 Å². The molecule has 4 heteroatoms. The first kappa shape index (κ1) is 9.38. The molecule has 0 heterocycles. The normalized spacial score (nSPS) is 9.69. The number of hydrogen-bond acceptors (Lipinski definition) is 3. The molecule has 13 heavy (non-hydrogen) atoms. The van der Waals surface area contributed by atoms with Gasteiger partial charge in [0, 0.05) is 25.5 Å². The highest BCUT2D eigenvalue weighted by Gasteiger charge is 2.06. The van der Waals surface area contributed by atoms with Crippen molar-refractivity contribution in [1.82, 2.24) is 0 Å². The number of nitrogens with zero attached hydrogens (tertiary/aromatic N) is 1. The van der Waals surface area contributed by atoms with Crippen molar-refractivity contribution >= 4 is 17.3 Å². The van der Waals surface area contributed by atoms with Gasteiger partial charge >= 0.3 is 5.97 Å². The zero-order chi connectivity index (χ0) is 10.0. The number of hydrogen-bond donors (Lipinski definition) is 2. The molecule has 0 unspecified atom stereocenters. The third kappa shape index (κ3) is 2.11. The van der Waals surface area contributed by atoms with Crippen LogP contribution in [0.5, 0.6) is 0 Å². The van der Waals surface area contributed by atoms with Gasteiger partial charge in [-0.3, -0.25) is 0 Å². The molecular formula is C9H12N2O2. The van der Waals surface area contributed by atoms with Crippen molar-refractivity contribution in [2.75, 3.05) is 24.7 Å². The van der Waals surface area contributed by atoms with Crippen LogP contribution in [0.4, 0.5) is 11.4 Å². The molecule has 0 spiro atoms. The smallest absolute Gasteiger partial charge is 0.335 e. The van der Waals surface area contributed by atoms with Crippen LogP contribution in [0, 0.1) is 0 Å². The van der Waals surface area contributed by atoms with E-state index in [9.17, 15) is 4.79 Å². The van der Waals surface area contributed by atoms with Crippen molar-refractivity contribution < 1.29 is 9.90 Å². The first-order chi connectivity index (χ1) is 6.00. The Kier molecular flexibility index (Phi) is 2.41. The maximum Gasteiger partial charge on any atom is 0.335 e. The summed E-state index contributed by atoms with van der Waals surface area (Å²) in [6.07, 6.45) is 0. The Bertz CT molecular complexity index is 334. The van der Waals surface area contributed by atoms with Crippen LogP contribution < -0.4 is 10.6 Å². The highest BCUT2D eigenvalue weighted by Crippen LogP contribution is 2.18. The van der Waals surface area contributed by atoms with Crippen molar-refractivity contribution in [3.05, 3.63) is 23.8 Å². The second-order valence-corrected chi connectivity index (χ2v) is 3.01. The average molecular weight is 180 g/mol. The molecule has 0 amide bonds. The van der Waals surface area contributed by atoms with Gasteiger partial charge in [-0.25, -0.2) is 4.79 Å². The number of rotatable bonds is 2. The number of aromatic carboxylic acids is 1. The molecule has 1 aromatic rings. The van der Waals surface area contributed by atoms with E-state index in [1.807, 2.05) is 19.0 Å². The van der Waals surface area contributed by atoms with Gasteiger partial charge in [-0.1, -0.05) is 0 Å². The number of nitrogen functional groups attached to an aromatic ring is 1. The van der Waals surface area contributed by atoms with Crippen LogP contribution in [0.3, 0.4) is 0 Å². The third-order valence-electron chi connectivity index (χ3n) is 1.70. The molecule has 0 fully saturated rings.